The van der Waals surface area contributed by atoms with E-state index in [1.54, 1.807) is 0 Å². The number of aliphatic hydroxyl groups excluding tert-OH is 1. The summed E-state index contributed by atoms with van der Waals surface area (Å²) in [6.07, 6.45) is 1.66. The van der Waals surface area contributed by atoms with Crippen molar-refractivity contribution >= 4 is 5.69 Å². The van der Waals surface area contributed by atoms with E-state index >= 15 is 0 Å². The molecule has 1 fully saturated rings. The summed E-state index contributed by atoms with van der Waals surface area (Å²) in [5.74, 6) is 0.953. The third-order valence-electron chi connectivity index (χ3n) is 3.91. The molecular weight excluding hydrogens is 276 g/mol. The van der Waals surface area contributed by atoms with Crippen molar-refractivity contribution in [3.63, 3.8) is 0 Å². The first-order chi connectivity index (χ1) is 10.5. The Morgan fingerprint density at radius 1 is 1.23 bits per heavy atom. The summed E-state index contributed by atoms with van der Waals surface area (Å²) in [5, 5.41) is 13.1. The van der Waals surface area contributed by atoms with E-state index in [0.29, 0.717) is 6.04 Å². The number of hydrogen-bond acceptors (Lipinski definition) is 4. The van der Waals surface area contributed by atoms with Gasteiger partial charge in [0.25, 0.3) is 0 Å². The topological polar surface area (TPSA) is 44.7 Å². The molecule has 1 saturated heterocycles. The van der Waals surface area contributed by atoms with Gasteiger partial charge < -0.3 is 20.1 Å². The van der Waals surface area contributed by atoms with Gasteiger partial charge in [0.1, 0.15) is 5.75 Å². The molecule has 2 N–H and O–H groups in total. The maximum absolute atomic E-state index is 9.69. The molecule has 1 aromatic rings. The molecule has 0 saturated carbocycles. The van der Waals surface area contributed by atoms with Gasteiger partial charge in [-0.3, -0.25) is 0 Å². The highest BCUT2D eigenvalue weighted by Gasteiger charge is 2.20. The third kappa shape index (κ3) is 4.89. The highest BCUT2D eigenvalue weighted by atomic mass is 16.5. The van der Waals surface area contributed by atoms with Crippen LogP contribution in [-0.2, 0) is 6.54 Å². The van der Waals surface area contributed by atoms with Crippen molar-refractivity contribution in [3.8, 4) is 5.75 Å². The van der Waals surface area contributed by atoms with Gasteiger partial charge in [-0.2, -0.15) is 0 Å². The molecule has 0 unspecified atom stereocenters. The molecule has 0 aliphatic carbocycles. The zero-order valence-electron chi connectivity index (χ0n) is 14.3. The van der Waals surface area contributed by atoms with E-state index < -0.39 is 0 Å². The van der Waals surface area contributed by atoms with Crippen LogP contribution in [0.15, 0.2) is 18.2 Å². The number of piperidine rings is 1. The van der Waals surface area contributed by atoms with Crippen LogP contribution in [0.2, 0.25) is 0 Å². The first kappa shape index (κ1) is 17.1. The summed E-state index contributed by atoms with van der Waals surface area (Å²) in [5.41, 5.74) is 2.39. The molecule has 4 nitrogen and oxygen atoms in total. The molecule has 2 rings (SSSR count). The second-order valence-corrected chi connectivity index (χ2v) is 6.72. The minimum atomic E-state index is -0.153. The number of benzene rings is 1. The smallest absolute Gasteiger partial charge is 0.143 e. The van der Waals surface area contributed by atoms with E-state index in [9.17, 15) is 5.11 Å². The van der Waals surface area contributed by atoms with Crippen LogP contribution in [0.25, 0.3) is 0 Å². The van der Waals surface area contributed by atoms with Crippen LogP contribution in [-0.4, -0.2) is 36.4 Å². The maximum Gasteiger partial charge on any atom is 0.143 e. The molecule has 1 heterocycles. The Bertz CT molecular complexity index is 466. The van der Waals surface area contributed by atoms with Crippen LogP contribution >= 0.6 is 0 Å². The second kappa shape index (κ2) is 7.84. The van der Waals surface area contributed by atoms with Gasteiger partial charge in [-0.15, -0.1) is 0 Å². The summed E-state index contributed by atoms with van der Waals surface area (Å²) in [7, 11) is 0. The lowest BCUT2D eigenvalue weighted by molar-refractivity contribution is 0.145. The number of nitrogens with zero attached hydrogens (tertiary/aromatic N) is 1. The molecule has 0 bridgehead atoms. The first-order valence-electron chi connectivity index (χ1n) is 8.41. The number of rotatable bonds is 6. The summed E-state index contributed by atoms with van der Waals surface area (Å²) < 4.78 is 6.04. The Kier molecular flexibility index (Phi) is 6.09. The normalized spacial score (nSPS) is 16.6. The molecule has 1 aromatic carbocycles. The van der Waals surface area contributed by atoms with Crippen molar-refractivity contribution in [2.45, 2.75) is 65.3 Å². The monoisotopic (exact) mass is 306 g/mol. The first-order valence-corrected chi connectivity index (χ1v) is 8.41. The number of nitrogens with one attached hydrogen (secondary N) is 1. The summed E-state index contributed by atoms with van der Waals surface area (Å²) >= 11 is 0. The van der Waals surface area contributed by atoms with Crippen molar-refractivity contribution in [3.05, 3.63) is 23.8 Å². The molecule has 22 heavy (non-hydrogen) atoms. The quantitative estimate of drug-likeness (QED) is 0.848. The fourth-order valence-electron chi connectivity index (χ4n) is 2.71. The van der Waals surface area contributed by atoms with Crippen molar-refractivity contribution < 1.29 is 9.84 Å². The molecule has 0 atom stereocenters. The largest absolute Gasteiger partial charge is 0.489 e. The Morgan fingerprint density at radius 3 is 2.50 bits per heavy atom. The van der Waals surface area contributed by atoms with E-state index in [1.807, 2.05) is 0 Å². The molecule has 0 spiro atoms. The van der Waals surface area contributed by atoms with Crippen LogP contribution in [0.1, 0.15) is 46.1 Å². The minimum Gasteiger partial charge on any atom is -0.489 e. The molecule has 1 aliphatic rings. The zero-order valence-corrected chi connectivity index (χ0v) is 14.3. The summed E-state index contributed by atoms with van der Waals surface area (Å²) in [6, 6.07) is 6.95. The average molecular weight is 306 g/mol. The lowest BCUT2D eigenvalue weighted by Crippen LogP contribution is -2.36. The van der Waals surface area contributed by atoms with Crippen molar-refractivity contribution in [1.82, 2.24) is 5.32 Å². The fraction of sp³-hybridized carbons (Fsp3) is 0.667. The number of hydrogen-bond donors (Lipinski definition) is 2. The lowest BCUT2D eigenvalue weighted by Gasteiger charge is -2.33. The van der Waals surface area contributed by atoms with Crippen molar-refractivity contribution in [2.24, 2.45) is 0 Å². The van der Waals surface area contributed by atoms with Gasteiger partial charge in [-0.1, -0.05) is 19.9 Å². The van der Waals surface area contributed by atoms with Gasteiger partial charge >= 0.3 is 0 Å². The lowest BCUT2D eigenvalue weighted by atomic mass is 10.1. The fourth-order valence-corrected chi connectivity index (χ4v) is 2.71. The Morgan fingerprint density at radius 2 is 1.91 bits per heavy atom. The van der Waals surface area contributed by atoms with Gasteiger partial charge in [0.2, 0.25) is 0 Å². The highest BCUT2D eigenvalue weighted by molar-refractivity contribution is 5.60. The van der Waals surface area contributed by atoms with Crippen molar-refractivity contribution in [1.29, 1.82) is 0 Å². The van der Waals surface area contributed by atoms with Gasteiger partial charge in [-0.25, -0.2) is 0 Å². The molecule has 1 aliphatic heterocycles. The predicted molar refractivity (Wildman–Crippen MR) is 91.6 cm³/mol. The second-order valence-electron chi connectivity index (χ2n) is 6.72. The van der Waals surface area contributed by atoms with E-state index in [2.05, 4.69) is 56.1 Å². The van der Waals surface area contributed by atoms with E-state index in [1.165, 1.54) is 5.56 Å². The summed E-state index contributed by atoms with van der Waals surface area (Å²) in [6.45, 7) is 11.0. The van der Waals surface area contributed by atoms with E-state index in [4.69, 9.17) is 4.74 Å². The van der Waals surface area contributed by atoms with Gasteiger partial charge in [0.15, 0.2) is 0 Å². The maximum atomic E-state index is 9.69. The third-order valence-corrected chi connectivity index (χ3v) is 3.91. The number of anilines is 1. The van der Waals surface area contributed by atoms with Crippen LogP contribution in [0.5, 0.6) is 5.75 Å². The van der Waals surface area contributed by atoms with Crippen LogP contribution in [0, 0.1) is 0 Å². The van der Waals surface area contributed by atoms with E-state index in [0.717, 1.165) is 43.9 Å². The van der Waals surface area contributed by atoms with Crippen LogP contribution < -0.4 is 15.0 Å². The molecular formula is C18H30N2O2. The molecule has 0 radical (unpaired) electrons. The molecule has 124 valence electrons. The minimum absolute atomic E-state index is 0.153. The number of aliphatic hydroxyl groups is 1. The van der Waals surface area contributed by atoms with E-state index in [-0.39, 0.29) is 12.2 Å². The van der Waals surface area contributed by atoms with Crippen LogP contribution in [0.4, 0.5) is 5.69 Å². The molecule has 0 amide bonds. The van der Waals surface area contributed by atoms with Gasteiger partial charge in [0, 0.05) is 25.7 Å². The summed E-state index contributed by atoms with van der Waals surface area (Å²) in [4.78, 5) is 2.32. The van der Waals surface area contributed by atoms with Crippen LogP contribution in [0.3, 0.4) is 0 Å². The van der Waals surface area contributed by atoms with Gasteiger partial charge in [0.05, 0.1) is 17.9 Å². The Labute approximate surface area is 134 Å². The SMILES string of the molecule is CC(C)NCc1ccc(N2CCC(O)CC2)c(OC(C)C)c1. The van der Waals surface area contributed by atoms with Crippen molar-refractivity contribution in [2.75, 3.05) is 18.0 Å². The molecule has 0 aromatic heterocycles. The zero-order chi connectivity index (χ0) is 16.1. The van der Waals surface area contributed by atoms with Gasteiger partial charge in [-0.05, 0) is 44.4 Å². The number of ether oxygens (including phenoxy) is 1. The Hall–Kier alpha value is -1.26. The highest BCUT2D eigenvalue weighted by Crippen LogP contribution is 2.32. The predicted octanol–water partition coefficient (Wildman–Crippen LogP) is 2.93. The molecule has 4 heteroatoms. The average Bonchev–Trinajstić information content (AvgIpc) is 2.46. The Balaban J connectivity index is 2.16. The standard InChI is InChI=1S/C18H30N2O2/c1-13(2)19-12-15-5-6-17(18(11-15)22-14(3)4)20-9-7-16(21)8-10-20/h5-6,11,13-14,16,19,21H,7-10,12H2,1-4H3.